The van der Waals surface area contributed by atoms with Crippen molar-refractivity contribution in [2.45, 2.75) is 57.5 Å². The number of nitrogens with one attached hydrogen (secondary N) is 1. The Morgan fingerprint density at radius 3 is 2.50 bits per heavy atom. The molecule has 1 aromatic rings. The fourth-order valence-electron chi connectivity index (χ4n) is 3.25. The molecule has 0 aromatic heterocycles. The lowest BCUT2D eigenvalue weighted by molar-refractivity contribution is 0.174. The molecule has 1 aliphatic carbocycles. The molecule has 0 aliphatic heterocycles. The van der Waals surface area contributed by atoms with E-state index >= 15 is 0 Å². The summed E-state index contributed by atoms with van der Waals surface area (Å²) in [6, 6.07) is 12.2. The van der Waals surface area contributed by atoms with Gasteiger partial charge >= 0.3 is 0 Å². The first-order valence-electron chi connectivity index (χ1n) is 8.30. The number of hydrogen-bond acceptors (Lipinski definition) is 2. The Bertz CT molecular complexity index is 357. The van der Waals surface area contributed by atoms with Crippen LogP contribution < -0.4 is 5.32 Å². The smallest absolute Gasteiger partial charge is 0.0449 e. The van der Waals surface area contributed by atoms with Crippen molar-refractivity contribution in [3.05, 3.63) is 35.9 Å². The number of rotatable bonds is 7. The molecular formula is C18H30N2. The van der Waals surface area contributed by atoms with Gasteiger partial charge in [-0.2, -0.15) is 0 Å². The lowest BCUT2D eigenvalue weighted by atomic mass is 9.94. The largest absolute Gasteiger partial charge is 0.309 e. The molecule has 2 heteroatoms. The summed E-state index contributed by atoms with van der Waals surface area (Å²) in [6.07, 6.45) is 8.20. The van der Waals surface area contributed by atoms with E-state index in [4.69, 9.17) is 0 Å². The Kier molecular flexibility index (Phi) is 6.55. The third kappa shape index (κ3) is 4.60. The number of nitrogens with zero attached hydrogens (tertiary/aromatic N) is 1. The predicted octanol–water partition coefficient (Wildman–Crippen LogP) is 3.99. The van der Waals surface area contributed by atoms with E-state index in [1.807, 2.05) is 0 Å². The maximum atomic E-state index is 3.71. The van der Waals surface area contributed by atoms with E-state index in [0.29, 0.717) is 6.04 Å². The minimum absolute atomic E-state index is 0.461. The summed E-state index contributed by atoms with van der Waals surface area (Å²) in [7, 11) is 2.31. The van der Waals surface area contributed by atoms with Gasteiger partial charge in [-0.3, -0.25) is 0 Å². The van der Waals surface area contributed by atoms with Gasteiger partial charge in [0, 0.05) is 18.6 Å². The van der Waals surface area contributed by atoms with Crippen LogP contribution in [-0.4, -0.2) is 31.1 Å². The fourth-order valence-corrected chi connectivity index (χ4v) is 3.25. The summed E-state index contributed by atoms with van der Waals surface area (Å²) >= 11 is 0. The standard InChI is InChI=1S/C18H30N2/c1-3-14-19-18(16-10-6-4-7-11-16)15-20(2)17-12-8-5-9-13-17/h4,6-7,10-11,17-19H,3,5,8-9,12-15H2,1-2H3. The van der Waals surface area contributed by atoms with Crippen LogP contribution in [0.1, 0.15) is 57.1 Å². The molecule has 1 aromatic carbocycles. The molecule has 1 fully saturated rings. The highest BCUT2D eigenvalue weighted by Crippen LogP contribution is 2.23. The summed E-state index contributed by atoms with van der Waals surface area (Å²) in [5.41, 5.74) is 1.42. The number of benzene rings is 1. The Morgan fingerprint density at radius 2 is 1.85 bits per heavy atom. The summed E-state index contributed by atoms with van der Waals surface area (Å²) in [6.45, 7) is 4.45. The lowest BCUT2D eigenvalue weighted by Gasteiger charge is -2.34. The highest BCUT2D eigenvalue weighted by atomic mass is 15.2. The Balaban J connectivity index is 1.95. The van der Waals surface area contributed by atoms with Gasteiger partial charge in [-0.25, -0.2) is 0 Å². The van der Waals surface area contributed by atoms with E-state index in [0.717, 1.165) is 19.1 Å². The summed E-state index contributed by atoms with van der Waals surface area (Å²) < 4.78 is 0. The Labute approximate surface area is 124 Å². The molecule has 1 N–H and O–H groups in total. The van der Waals surface area contributed by atoms with Crippen molar-refractivity contribution in [3.8, 4) is 0 Å². The second-order valence-corrected chi connectivity index (χ2v) is 6.15. The molecule has 1 aliphatic rings. The molecule has 2 rings (SSSR count). The van der Waals surface area contributed by atoms with Crippen molar-refractivity contribution in [3.63, 3.8) is 0 Å². The zero-order valence-corrected chi connectivity index (χ0v) is 13.1. The zero-order chi connectivity index (χ0) is 14.2. The normalized spacial score (nSPS) is 18.4. The molecule has 0 radical (unpaired) electrons. The van der Waals surface area contributed by atoms with Crippen LogP contribution >= 0.6 is 0 Å². The average Bonchev–Trinajstić information content (AvgIpc) is 2.53. The maximum absolute atomic E-state index is 3.71. The van der Waals surface area contributed by atoms with E-state index in [2.05, 4.69) is 54.5 Å². The second-order valence-electron chi connectivity index (χ2n) is 6.15. The van der Waals surface area contributed by atoms with E-state index in [1.165, 1.54) is 44.1 Å². The van der Waals surface area contributed by atoms with Gasteiger partial charge in [-0.1, -0.05) is 56.5 Å². The van der Waals surface area contributed by atoms with Crippen LogP contribution in [0.25, 0.3) is 0 Å². The first-order chi connectivity index (χ1) is 9.81. The second kappa shape index (κ2) is 8.43. The van der Waals surface area contributed by atoms with E-state index in [9.17, 15) is 0 Å². The minimum atomic E-state index is 0.461. The van der Waals surface area contributed by atoms with E-state index in [1.54, 1.807) is 0 Å². The molecule has 1 unspecified atom stereocenters. The molecule has 0 heterocycles. The molecule has 1 atom stereocenters. The van der Waals surface area contributed by atoms with Gasteiger partial charge in [0.2, 0.25) is 0 Å². The van der Waals surface area contributed by atoms with Gasteiger partial charge in [0.15, 0.2) is 0 Å². The SMILES string of the molecule is CCCNC(CN(C)C1CCCCC1)c1ccccc1. The molecule has 2 nitrogen and oxygen atoms in total. The molecule has 20 heavy (non-hydrogen) atoms. The summed E-state index contributed by atoms with van der Waals surface area (Å²) in [5.74, 6) is 0. The fraction of sp³-hybridized carbons (Fsp3) is 0.667. The van der Waals surface area contributed by atoms with Gasteiger partial charge < -0.3 is 10.2 Å². The molecule has 0 saturated heterocycles. The van der Waals surface area contributed by atoms with Gasteiger partial charge in [-0.15, -0.1) is 0 Å². The third-order valence-corrected chi connectivity index (χ3v) is 4.51. The van der Waals surface area contributed by atoms with Crippen molar-refractivity contribution >= 4 is 0 Å². The minimum Gasteiger partial charge on any atom is -0.309 e. The van der Waals surface area contributed by atoms with Crippen LogP contribution in [0.3, 0.4) is 0 Å². The van der Waals surface area contributed by atoms with Crippen molar-refractivity contribution in [1.29, 1.82) is 0 Å². The van der Waals surface area contributed by atoms with Crippen LogP contribution in [0.2, 0.25) is 0 Å². The topological polar surface area (TPSA) is 15.3 Å². The van der Waals surface area contributed by atoms with Crippen LogP contribution in [-0.2, 0) is 0 Å². The highest BCUT2D eigenvalue weighted by Gasteiger charge is 2.21. The first kappa shape index (κ1) is 15.5. The van der Waals surface area contributed by atoms with Gasteiger partial charge in [0.1, 0.15) is 0 Å². The van der Waals surface area contributed by atoms with E-state index in [-0.39, 0.29) is 0 Å². The van der Waals surface area contributed by atoms with Crippen LogP contribution in [0.5, 0.6) is 0 Å². The first-order valence-corrected chi connectivity index (χ1v) is 8.30. The van der Waals surface area contributed by atoms with Crippen LogP contribution in [0.15, 0.2) is 30.3 Å². The van der Waals surface area contributed by atoms with Gasteiger partial charge in [0.25, 0.3) is 0 Å². The van der Waals surface area contributed by atoms with Crippen molar-refractivity contribution in [2.24, 2.45) is 0 Å². The molecule has 0 spiro atoms. The van der Waals surface area contributed by atoms with Crippen molar-refractivity contribution in [2.75, 3.05) is 20.1 Å². The van der Waals surface area contributed by atoms with Gasteiger partial charge in [-0.05, 0) is 38.4 Å². The quantitative estimate of drug-likeness (QED) is 0.808. The molecule has 0 bridgehead atoms. The van der Waals surface area contributed by atoms with Gasteiger partial charge in [0.05, 0.1) is 0 Å². The van der Waals surface area contributed by atoms with E-state index < -0.39 is 0 Å². The monoisotopic (exact) mass is 274 g/mol. The van der Waals surface area contributed by atoms with Crippen LogP contribution in [0.4, 0.5) is 0 Å². The Morgan fingerprint density at radius 1 is 1.15 bits per heavy atom. The Hall–Kier alpha value is -0.860. The summed E-state index contributed by atoms with van der Waals surface area (Å²) in [4.78, 5) is 2.58. The molecule has 1 saturated carbocycles. The third-order valence-electron chi connectivity index (χ3n) is 4.51. The predicted molar refractivity (Wildman–Crippen MR) is 87.0 cm³/mol. The summed E-state index contributed by atoms with van der Waals surface area (Å²) in [5, 5.41) is 3.71. The molecular weight excluding hydrogens is 244 g/mol. The van der Waals surface area contributed by atoms with Crippen LogP contribution in [0, 0.1) is 0 Å². The van der Waals surface area contributed by atoms with Crippen molar-refractivity contribution < 1.29 is 0 Å². The maximum Gasteiger partial charge on any atom is 0.0449 e. The number of hydrogen-bond donors (Lipinski definition) is 1. The zero-order valence-electron chi connectivity index (χ0n) is 13.1. The molecule has 0 amide bonds. The van der Waals surface area contributed by atoms with Crippen molar-refractivity contribution in [1.82, 2.24) is 10.2 Å². The molecule has 112 valence electrons. The number of likely N-dealkylation sites (N-methyl/N-ethyl adjacent to an activating group) is 1. The average molecular weight is 274 g/mol. The lowest BCUT2D eigenvalue weighted by Crippen LogP contribution is -2.40. The highest BCUT2D eigenvalue weighted by molar-refractivity contribution is 5.19.